The quantitative estimate of drug-likeness (QED) is 0.831. The van der Waals surface area contributed by atoms with Gasteiger partial charge in [-0.15, -0.1) is 0 Å². The number of nitrogens with one attached hydrogen (secondary N) is 1. The van der Waals surface area contributed by atoms with Gasteiger partial charge in [0, 0.05) is 18.4 Å². The molecule has 1 aromatic heterocycles. The fraction of sp³-hybridized carbons (Fsp3) is 0.769. The standard InChI is InChI=1S/C13H23N3/c1-9-7-10(2)13(12(8-9)14-4)16-6-5-15-11(16)3/h5-6,9-10,12-14H,7-8H2,1-4H3. The van der Waals surface area contributed by atoms with Crippen molar-refractivity contribution in [2.45, 2.75) is 45.7 Å². The van der Waals surface area contributed by atoms with Crippen LogP contribution < -0.4 is 5.32 Å². The molecule has 1 aromatic rings. The lowest BCUT2D eigenvalue weighted by atomic mass is 9.76. The molecule has 4 atom stereocenters. The topological polar surface area (TPSA) is 29.9 Å². The molecule has 0 bridgehead atoms. The van der Waals surface area contributed by atoms with E-state index in [2.05, 4.69) is 48.9 Å². The highest BCUT2D eigenvalue weighted by Gasteiger charge is 2.34. The highest BCUT2D eigenvalue weighted by molar-refractivity contribution is 4.99. The molecule has 16 heavy (non-hydrogen) atoms. The van der Waals surface area contributed by atoms with Gasteiger partial charge in [-0.3, -0.25) is 0 Å². The van der Waals surface area contributed by atoms with E-state index in [9.17, 15) is 0 Å². The molecule has 3 heteroatoms. The second-order valence-electron chi connectivity index (χ2n) is 5.32. The molecule has 1 fully saturated rings. The summed E-state index contributed by atoms with van der Waals surface area (Å²) in [5.41, 5.74) is 0. The maximum atomic E-state index is 4.35. The van der Waals surface area contributed by atoms with Gasteiger partial charge in [0.2, 0.25) is 0 Å². The van der Waals surface area contributed by atoms with Crippen LogP contribution in [0.15, 0.2) is 12.4 Å². The zero-order valence-corrected chi connectivity index (χ0v) is 10.8. The van der Waals surface area contributed by atoms with Crippen LogP contribution in [-0.4, -0.2) is 22.6 Å². The molecule has 1 N–H and O–H groups in total. The number of hydrogen-bond acceptors (Lipinski definition) is 2. The van der Waals surface area contributed by atoms with Crippen molar-refractivity contribution in [3.8, 4) is 0 Å². The summed E-state index contributed by atoms with van der Waals surface area (Å²) in [7, 11) is 2.08. The third-order valence-corrected chi connectivity index (χ3v) is 3.98. The lowest BCUT2D eigenvalue weighted by Crippen LogP contribution is -2.44. The minimum Gasteiger partial charge on any atom is -0.330 e. The Hall–Kier alpha value is -0.830. The molecule has 1 saturated carbocycles. The third-order valence-electron chi connectivity index (χ3n) is 3.98. The lowest BCUT2D eigenvalue weighted by molar-refractivity contribution is 0.157. The van der Waals surface area contributed by atoms with E-state index in [1.165, 1.54) is 12.8 Å². The molecular weight excluding hydrogens is 198 g/mol. The molecule has 2 rings (SSSR count). The Labute approximate surface area is 98.3 Å². The van der Waals surface area contributed by atoms with Gasteiger partial charge < -0.3 is 9.88 Å². The minimum atomic E-state index is 0.559. The number of rotatable bonds is 2. The van der Waals surface area contributed by atoms with E-state index < -0.39 is 0 Å². The Balaban J connectivity index is 2.27. The lowest BCUT2D eigenvalue weighted by Gasteiger charge is -2.40. The minimum absolute atomic E-state index is 0.559. The van der Waals surface area contributed by atoms with Crippen molar-refractivity contribution in [3.63, 3.8) is 0 Å². The van der Waals surface area contributed by atoms with E-state index in [0.29, 0.717) is 18.0 Å². The summed E-state index contributed by atoms with van der Waals surface area (Å²) in [5.74, 6) is 2.67. The summed E-state index contributed by atoms with van der Waals surface area (Å²) in [6, 6.07) is 1.13. The van der Waals surface area contributed by atoms with E-state index in [1.807, 2.05) is 6.20 Å². The second-order valence-corrected chi connectivity index (χ2v) is 5.32. The van der Waals surface area contributed by atoms with Gasteiger partial charge in [-0.05, 0) is 38.6 Å². The Kier molecular flexibility index (Phi) is 3.33. The number of likely N-dealkylation sites (N-methyl/N-ethyl adjacent to an activating group) is 1. The average Bonchev–Trinajstić information content (AvgIpc) is 2.63. The number of hydrogen-bond donors (Lipinski definition) is 1. The van der Waals surface area contributed by atoms with Crippen molar-refractivity contribution < 1.29 is 0 Å². The smallest absolute Gasteiger partial charge is 0.105 e. The number of aromatic nitrogens is 2. The molecule has 4 unspecified atom stereocenters. The first-order valence-corrected chi connectivity index (χ1v) is 6.30. The number of nitrogens with zero attached hydrogens (tertiary/aromatic N) is 2. The Morgan fingerprint density at radius 2 is 2.12 bits per heavy atom. The summed E-state index contributed by atoms with van der Waals surface area (Å²) < 4.78 is 2.34. The molecule has 0 spiro atoms. The molecule has 3 nitrogen and oxygen atoms in total. The van der Waals surface area contributed by atoms with Gasteiger partial charge >= 0.3 is 0 Å². The summed E-state index contributed by atoms with van der Waals surface area (Å²) in [6.07, 6.45) is 6.62. The summed E-state index contributed by atoms with van der Waals surface area (Å²) in [4.78, 5) is 4.35. The van der Waals surface area contributed by atoms with Crippen molar-refractivity contribution in [1.82, 2.24) is 14.9 Å². The molecule has 0 aromatic carbocycles. The number of aryl methyl sites for hydroxylation is 1. The fourth-order valence-electron chi connectivity index (χ4n) is 3.30. The second kappa shape index (κ2) is 4.58. The largest absolute Gasteiger partial charge is 0.330 e. The Morgan fingerprint density at radius 1 is 1.38 bits per heavy atom. The molecule has 90 valence electrons. The van der Waals surface area contributed by atoms with Gasteiger partial charge in [0.05, 0.1) is 6.04 Å². The molecule has 0 radical (unpaired) electrons. The van der Waals surface area contributed by atoms with Crippen LogP contribution >= 0.6 is 0 Å². The van der Waals surface area contributed by atoms with Crippen LogP contribution in [0.25, 0.3) is 0 Å². The first-order valence-electron chi connectivity index (χ1n) is 6.30. The van der Waals surface area contributed by atoms with Crippen LogP contribution in [0.2, 0.25) is 0 Å². The van der Waals surface area contributed by atoms with Gasteiger partial charge in [-0.1, -0.05) is 13.8 Å². The third kappa shape index (κ3) is 2.01. The van der Waals surface area contributed by atoms with Crippen molar-refractivity contribution >= 4 is 0 Å². The zero-order valence-electron chi connectivity index (χ0n) is 10.8. The SMILES string of the molecule is CNC1CC(C)CC(C)C1n1ccnc1C. The summed E-state index contributed by atoms with van der Waals surface area (Å²) >= 11 is 0. The Morgan fingerprint density at radius 3 is 2.69 bits per heavy atom. The first kappa shape index (κ1) is 11.6. The van der Waals surface area contributed by atoms with Crippen LogP contribution in [-0.2, 0) is 0 Å². The predicted octanol–water partition coefficient (Wildman–Crippen LogP) is 2.39. The first-order chi connectivity index (χ1) is 7.63. The van der Waals surface area contributed by atoms with E-state index >= 15 is 0 Å². The molecule has 1 aliphatic carbocycles. The fourth-order valence-corrected chi connectivity index (χ4v) is 3.30. The maximum Gasteiger partial charge on any atom is 0.105 e. The summed E-state index contributed by atoms with van der Waals surface area (Å²) in [6.45, 7) is 6.82. The van der Waals surface area contributed by atoms with Crippen molar-refractivity contribution in [3.05, 3.63) is 18.2 Å². The average molecular weight is 221 g/mol. The van der Waals surface area contributed by atoms with Crippen molar-refractivity contribution in [2.24, 2.45) is 11.8 Å². The van der Waals surface area contributed by atoms with E-state index in [0.717, 1.165) is 11.7 Å². The van der Waals surface area contributed by atoms with Crippen LogP contribution in [0.5, 0.6) is 0 Å². The monoisotopic (exact) mass is 221 g/mol. The van der Waals surface area contributed by atoms with Crippen molar-refractivity contribution in [2.75, 3.05) is 7.05 Å². The van der Waals surface area contributed by atoms with Crippen LogP contribution in [0, 0.1) is 18.8 Å². The summed E-state index contributed by atoms with van der Waals surface area (Å²) in [5, 5.41) is 3.48. The van der Waals surface area contributed by atoms with Gasteiger partial charge in [0.1, 0.15) is 5.82 Å². The molecule has 1 aliphatic rings. The van der Waals surface area contributed by atoms with Crippen LogP contribution in [0.1, 0.15) is 38.6 Å². The van der Waals surface area contributed by atoms with Gasteiger partial charge in [-0.2, -0.15) is 0 Å². The van der Waals surface area contributed by atoms with Gasteiger partial charge in [0.15, 0.2) is 0 Å². The highest BCUT2D eigenvalue weighted by Crippen LogP contribution is 2.37. The molecule has 0 saturated heterocycles. The van der Waals surface area contributed by atoms with Crippen LogP contribution in [0.4, 0.5) is 0 Å². The zero-order chi connectivity index (χ0) is 11.7. The maximum absolute atomic E-state index is 4.35. The highest BCUT2D eigenvalue weighted by atomic mass is 15.1. The van der Waals surface area contributed by atoms with E-state index in [1.54, 1.807) is 0 Å². The van der Waals surface area contributed by atoms with Gasteiger partial charge in [0.25, 0.3) is 0 Å². The van der Waals surface area contributed by atoms with E-state index in [-0.39, 0.29) is 0 Å². The van der Waals surface area contributed by atoms with Gasteiger partial charge in [-0.25, -0.2) is 4.98 Å². The molecule has 0 amide bonds. The Bertz CT molecular complexity index is 345. The molecule has 0 aliphatic heterocycles. The predicted molar refractivity (Wildman–Crippen MR) is 66.4 cm³/mol. The molecule has 1 heterocycles. The van der Waals surface area contributed by atoms with Crippen LogP contribution in [0.3, 0.4) is 0 Å². The van der Waals surface area contributed by atoms with Crippen molar-refractivity contribution in [1.29, 1.82) is 0 Å². The molecular formula is C13H23N3. The number of imidazole rings is 1. The van der Waals surface area contributed by atoms with E-state index in [4.69, 9.17) is 0 Å². The normalized spacial score (nSPS) is 35.2.